The molecular weight excluding hydrogens is 338 g/mol. The lowest BCUT2D eigenvalue weighted by Crippen LogP contribution is -2.33. The monoisotopic (exact) mass is 357 g/mol. The number of amides is 1. The number of hydrogen-bond acceptors (Lipinski definition) is 4. The van der Waals surface area contributed by atoms with Crippen LogP contribution in [0.25, 0.3) is 0 Å². The van der Waals surface area contributed by atoms with Crippen molar-refractivity contribution in [3.05, 3.63) is 34.9 Å². The Hall–Kier alpha value is -1.40. The SMILES string of the molecule is CC(=O)CCC(=O)N1CCC(c2ccccc2Cl)S(=O)(=O)CC1. The maximum Gasteiger partial charge on any atom is 0.223 e. The van der Waals surface area contributed by atoms with Crippen LogP contribution < -0.4 is 0 Å². The Morgan fingerprint density at radius 1 is 1.22 bits per heavy atom. The summed E-state index contributed by atoms with van der Waals surface area (Å²) < 4.78 is 25.1. The van der Waals surface area contributed by atoms with Gasteiger partial charge in [0.2, 0.25) is 5.91 Å². The van der Waals surface area contributed by atoms with Gasteiger partial charge in [0.15, 0.2) is 9.84 Å². The fraction of sp³-hybridized carbons (Fsp3) is 0.500. The number of Topliss-reactive ketones (excluding diaryl/α,β-unsaturated/α-hetero) is 1. The number of rotatable bonds is 4. The largest absolute Gasteiger partial charge is 0.342 e. The number of sulfone groups is 1. The summed E-state index contributed by atoms with van der Waals surface area (Å²) >= 11 is 6.14. The average Bonchev–Trinajstić information content (AvgIpc) is 2.64. The molecule has 5 nitrogen and oxygen atoms in total. The summed E-state index contributed by atoms with van der Waals surface area (Å²) in [7, 11) is -3.38. The maximum atomic E-state index is 12.5. The lowest BCUT2D eigenvalue weighted by Gasteiger charge is -2.20. The van der Waals surface area contributed by atoms with Crippen molar-refractivity contribution < 1.29 is 18.0 Å². The quantitative estimate of drug-likeness (QED) is 0.829. The summed E-state index contributed by atoms with van der Waals surface area (Å²) in [6.45, 7) is 1.96. The van der Waals surface area contributed by atoms with E-state index in [0.29, 0.717) is 23.6 Å². The normalized spacial score (nSPS) is 20.8. The Balaban J connectivity index is 2.15. The zero-order chi connectivity index (χ0) is 17.0. The van der Waals surface area contributed by atoms with Gasteiger partial charge >= 0.3 is 0 Å². The molecule has 1 heterocycles. The number of benzene rings is 1. The van der Waals surface area contributed by atoms with E-state index in [0.717, 1.165) is 0 Å². The van der Waals surface area contributed by atoms with Gasteiger partial charge in [-0.2, -0.15) is 0 Å². The van der Waals surface area contributed by atoms with Gasteiger partial charge in [0.25, 0.3) is 0 Å². The van der Waals surface area contributed by atoms with Crippen molar-refractivity contribution in [2.45, 2.75) is 31.4 Å². The molecule has 1 aliphatic rings. The average molecular weight is 358 g/mol. The molecule has 0 aliphatic carbocycles. The van der Waals surface area contributed by atoms with E-state index in [2.05, 4.69) is 0 Å². The van der Waals surface area contributed by atoms with Crippen molar-refractivity contribution in [3.63, 3.8) is 0 Å². The maximum absolute atomic E-state index is 12.5. The first kappa shape index (κ1) is 17.9. The number of hydrogen-bond donors (Lipinski definition) is 0. The fourth-order valence-electron chi connectivity index (χ4n) is 2.72. The number of halogens is 1. The first-order valence-electron chi connectivity index (χ1n) is 7.54. The second kappa shape index (κ2) is 7.45. The van der Waals surface area contributed by atoms with Crippen molar-refractivity contribution >= 4 is 33.1 Å². The van der Waals surface area contributed by atoms with E-state index < -0.39 is 15.1 Å². The molecule has 1 aliphatic heterocycles. The van der Waals surface area contributed by atoms with Gasteiger partial charge in [0.1, 0.15) is 5.78 Å². The minimum Gasteiger partial charge on any atom is -0.342 e. The third-order valence-corrected chi connectivity index (χ3v) is 6.49. The van der Waals surface area contributed by atoms with Crippen LogP contribution >= 0.6 is 11.6 Å². The molecule has 2 rings (SSSR count). The van der Waals surface area contributed by atoms with E-state index >= 15 is 0 Å². The molecule has 1 amide bonds. The number of nitrogens with zero attached hydrogens (tertiary/aromatic N) is 1. The highest BCUT2D eigenvalue weighted by Gasteiger charge is 2.33. The summed E-state index contributed by atoms with van der Waals surface area (Å²) in [5.41, 5.74) is 0.590. The fourth-order valence-corrected chi connectivity index (χ4v) is 4.87. The van der Waals surface area contributed by atoms with Crippen LogP contribution in [0.2, 0.25) is 5.02 Å². The molecule has 0 spiro atoms. The van der Waals surface area contributed by atoms with Crippen molar-refractivity contribution in [1.82, 2.24) is 4.90 Å². The highest BCUT2D eigenvalue weighted by Crippen LogP contribution is 2.33. The summed E-state index contributed by atoms with van der Waals surface area (Å²) in [6.07, 6.45) is 0.639. The van der Waals surface area contributed by atoms with Crippen LogP contribution in [-0.4, -0.2) is 43.9 Å². The van der Waals surface area contributed by atoms with Gasteiger partial charge < -0.3 is 9.69 Å². The van der Waals surface area contributed by atoms with Gasteiger partial charge in [0, 0.05) is 31.0 Å². The molecule has 0 aromatic heterocycles. The first-order chi connectivity index (χ1) is 10.8. The van der Waals surface area contributed by atoms with Crippen LogP contribution in [-0.2, 0) is 19.4 Å². The Labute approximate surface area is 141 Å². The van der Waals surface area contributed by atoms with Gasteiger partial charge in [-0.3, -0.25) is 4.79 Å². The van der Waals surface area contributed by atoms with E-state index in [1.54, 1.807) is 24.3 Å². The van der Waals surface area contributed by atoms with Crippen LogP contribution in [0, 0.1) is 0 Å². The van der Waals surface area contributed by atoms with Gasteiger partial charge in [0.05, 0.1) is 11.0 Å². The minimum absolute atomic E-state index is 0.0465. The minimum atomic E-state index is -3.38. The third kappa shape index (κ3) is 4.54. The molecular formula is C16H20ClNO4S. The molecule has 1 aromatic carbocycles. The van der Waals surface area contributed by atoms with E-state index in [-0.39, 0.29) is 36.8 Å². The summed E-state index contributed by atoms with van der Waals surface area (Å²) in [5.74, 6) is -0.306. The molecule has 0 saturated carbocycles. The topological polar surface area (TPSA) is 71.5 Å². The molecule has 0 radical (unpaired) electrons. The van der Waals surface area contributed by atoms with E-state index in [4.69, 9.17) is 11.6 Å². The Morgan fingerprint density at radius 2 is 1.91 bits per heavy atom. The van der Waals surface area contributed by atoms with Crippen molar-refractivity contribution in [2.75, 3.05) is 18.8 Å². The van der Waals surface area contributed by atoms with Crippen LogP contribution in [0.5, 0.6) is 0 Å². The lowest BCUT2D eigenvalue weighted by atomic mass is 10.1. The molecule has 1 saturated heterocycles. The summed E-state index contributed by atoms with van der Waals surface area (Å²) in [4.78, 5) is 24.7. The molecule has 0 bridgehead atoms. The Bertz CT molecular complexity index is 702. The van der Waals surface area contributed by atoms with Crippen LogP contribution in [0.3, 0.4) is 0 Å². The second-order valence-corrected chi connectivity index (χ2v) is 8.46. The van der Waals surface area contributed by atoms with E-state index in [1.807, 2.05) is 0 Å². The molecule has 7 heteroatoms. The molecule has 1 fully saturated rings. The van der Waals surface area contributed by atoms with Crippen molar-refractivity contribution in [1.29, 1.82) is 0 Å². The number of carbonyl (C=O) groups is 2. The zero-order valence-corrected chi connectivity index (χ0v) is 14.6. The summed E-state index contributed by atoms with van der Waals surface area (Å²) in [6, 6.07) is 6.91. The lowest BCUT2D eigenvalue weighted by molar-refractivity contribution is -0.132. The standard InChI is InChI=1S/C16H20ClNO4S/c1-12(19)6-7-16(20)18-9-8-15(23(21,22)11-10-18)13-4-2-3-5-14(13)17/h2-5,15H,6-11H2,1H3. The Kier molecular flexibility index (Phi) is 5.81. The van der Waals surface area contributed by atoms with Gasteiger partial charge in [-0.1, -0.05) is 29.8 Å². The molecule has 0 N–H and O–H groups in total. The molecule has 126 valence electrons. The van der Waals surface area contributed by atoms with Crippen LogP contribution in [0.15, 0.2) is 24.3 Å². The van der Waals surface area contributed by atoms with Gasteiger partial charge in [-0.05, 0) is 25.0 Å². The molecule has 23 heavy (non-hydrogen) atoms. The molecule has 1 unspecified atom stereocenters. The highest BCUT2D eigenvalue weighted by molar-refractivity contribution is 7.91. The molecule has 1 atom stereocenters. The number of carbonyl (C=O) groups excluding carboxylic acids is 2. The Morgan fingerprint density at radius 3 is 2.57 bits per heavy atom. The highest BCUT2D eigenvalue weighted by atomic mass is 35.5. The van der Waals surface area contributed by atoms with E-state index in [1.165, 1.54) is 11.8 Å². The van der Waals surface area contributed by atoms with Crippen LogP contribution in [0.1, 0.15) is 37.0 Å². The van der Waals surface area contributed by atoms with Gasteiger partial charge in [-0.25, -0.2) is 8.42 Å². The summed E-state index contributed by atoms with van der Waals surface area (Å²) in [5, 5.41) is -0.265. The zero-order valence-electron chi connectivity index (χ0n) is 13.0. The molecule has 1 aromatic rings. The predicted molar refractivity (Wildman–Crippen MR) is 89.1 cm³/mol. The second-order valence-electron chi connectivity index (χ2n) is 5.75. The number of ketones is 1. The van der Waals surface area contributed by atoms with Crippen molar-refractivity contribution in [2.24, 2.45) is 0 Å². The third-order valence-electron chi connectivity index (χ3n) is 4.04. The van der Waals surface area contributed by atoms with Crippen LogP contribution in [0.4, 0.5) is 0 Å². The predicted octanol–water partition coefficient (Wildman–Crippen LogP) is 2.40. The van der Waals surface area contributed by atoms with Crippen molar-refractivity contribution in [3.8, 4) is 0 Å². The first-order valence-corrected chi connectivity index (χ1v) is 9.64. The smallest absolute Gasteiger partial charge is 0.223 e. The van der Waals surface area contributed by atoms with E-state index in [9.17, 15) is 18.0 Å². The van der Waals surface area contributed by atoms with Gasteiger partial charge in [-0.15, -0.1) is 0 Å².